The van der Waals surface area contributed by atoms with Crippen molar-refractivity contribution in [2.75, 3.05) is 33.9 Å². The first-order valence-electron chi connectivity index (χ1n) is 5.54. The van der Waals surface area contributed by atoms with Gasteiger partial charge in [-0.25, -0.2) is 0 Å². The zero-order valence-corrected chi connectivity index (χ0v) is 9.97. The molecule has 1 atom stereocenters. The highest BCUT2D eigenvalue weighted by molar-refractivity contribution is 4.99. The molecule has 1 unspecified atom stereocenters. The summed E-state index contributed by atoms with van der Waals surface area (Å²) in [7, 11) is 3.83. The van der Waals surface area contributed by atoms with Gasteiger partial charge >= 0.3 is 0 Å². The van der Waals surface area contributed by atoms with Crippen molar-refractivity contribution in [1.82, 2.24) is 10.2 Å². The van der Waals surface area contributed by atoms with Crippen molar-refractivity contribution in [2.24, 2.45) is 0 Å². The van der Waals surface area contributed by atoms with Gasteiger partial charge in [-0.05, 0) is 33.7 Å². The van der Waals surface area contributed by atoms with E-state index in [1.807, 2.05) is 0 Å². The average Bonchev–Trinajstić information content (AvgIpc) is 2.42. The molecule has 84 valence electrons. The second-order valence-corrected chi connectivity index (χ2v) is 4.62. The molecule has 0 aliphatic carbocycles. The topological polar surface area (TPSA) is 24.5 Å². The number of likely N-dealkylation sites (tertiary alicyclic amines) is 1. The Morgan fingerprint density at radius 2 is 2.21 bits per heavy atom. The first kappa shape index (κ1) is 12.0. The van der Waals surface area contributed by atoms with E-state index >= 15 is 0 Å². The molecule has 1 fully saturated rings. The minimum atomic E-state index is 0.294. The van der Waals surface area contributed by atoms with Crippen molar-refractivity contribution < 1.29 is 4.74 Å². The predicted octanol–water partition coefficient (Wildman–Crippen LogP) is 1.10. The largest absolute Gasteiger partial charge is 0.385 e. The van der Waals surface area contributed by atoms with E-state index in [0.717, 1.165) is 19.6 Å². The monoisotopic (exact) mass is 200 g/mol. The molecule has 3 heteroatoms. The van der Waals surface area contributed by atoms with E-state index in [2.05, 4.69) is 31.1 Å². The van der Waals surface area contributed by atoms with Crippen molar-refractivity contribution in [2.45, 2.75) is 38.3 Å². The van der Waals surface area contributed by atoms with Crippen LogP contribution < -0.4 is 5.32 Å². The lowest BCUT2D eigenvalue weighted by molar-refractivity contribution is 0.126. The molecule has 3 nitrogen and oxygen atoms in total. The summed E-state index contributed by atoms with van der Waals surface area (Å²) < 4.78 is 5.08. The Kier molecular flexibility index (Phi) is 4.35. The molecule has 0 saturated carbocycles. The van der Waals surface area contributed by atoms with Gasteiger partial charge in [-0.15, -0.1) is 0 Å². The van der Waals surface area contributed by atoms with Gasteiger partial charge < -0.3 is 10.1 Å². The maximum absolute atomic E-state index is 5.08. The van der Waals surface area contributed by atoms with Crippen molar-refractivity contribution in [3.05, 3.63) is 0 Å². The summed E-state index contributed by atoms with van der Waals surface area (Å²) in [6.07, 6.45) is 2.40. The summed E-state index contributed by atoms with van der Waals surface area (Å²) in [4.78, 5) is 2.56. The van der Waals surface area contributed by atoms with E-state index in [0.29, 0.717) is 11.6 Å². The van der Waals surface area contributed by atoms with Crippen LogP contribution in [0.2, 0.25) is 0 Å². The Hall–Kier alpha value is -0.120. The lowest BCUT2D eigenvalue weighted by Crippen LogP contribution is -2.50. The van der Waals surface area contributed by atoms with E-state index in [-0.39, 0.29) is 0 Å². The first-order chi connectivity index (χ1) is 6.62. The van der Waals surface area contributed by atoms with Crippen molar-refractivity contribution >= 4 is 0 Å². The molecule has 0 amide bonds. The van der Waals surface area contributed by atoms with Gasteiger partial charge in [-0.2, -0.15) is 0 Å². The van der Waals surface area contributed by atoms with Gasteiger partial charge in [-0.3, -0.25) is 4.90 Å². The molecule has 1 rings (SSSR count). The highest BCUT2D eigenvalue weighted by atomic mass is 16.5. The second-order valence-electron chi connectivity index (χ2n) is 4.62. The van der Waals surface area contributed by atoms with Crippen LogP contribution in [0.15, 0.2) is 0 Å². The molecule has 1 aliphatic rings. The summed E-state index contributed by atoms with van der Waals surface area (Å²) in [6, 6.07) is 0.630. The zero-order chi connectivity index (χ0) is 10.6. The van der Waals surface area contributed by atoms with Crippen LogP contribution in [0.1, 0.15) is 26.7 Å². The number of hydrogen-bond acceptors (Lipinski definition) is 3. The number of likely N-dealkylation sites (N-methyl/N-ethyl adjacent to an activating group) is 1. The summed E-state index contributed by atoms with van der Waals surface area (Å²) in [5.74, 6) is 0. The molecule has 0 bridgehead atoms. The van der Waals surface area contributed by atoms with Crippen LogP contribution in [0, 0.1) is 0 Å². The SMILES string of the molecule is CNC1CCN(CCCOC)C1(C)C. The molecular formula is C11H24N2O. The molecule has 0 aromatic carbocycles. The van der Waals surface area contributed by atoms with E-state index < -0.39 is 0 Å². The number of nitrogens with one attached hydrogen (secondary N) is 1. The Morgan fingerprint density at radius 3 is 2.71 bits per heavy atom. The number of methoxy groups -OCH3 is 1. The first-order valence-corrected chi connectivity index (χ1v) is 5.54. The van der Waals surface area contributed by atoms with Crippen LogP contribution in [-0.4, -0.2) is 50.3 Å². The van der Waals surface area contributed by atoms with E-state index in [1.54, 1.807) is 7.11 Å². The fourth-order valence-corrected chi connectivity index (χ4v) is 2.44. The Bertz CT molecular complexity index is 171. The van der Waals surface area contributed by atoms with E-state index in [1.165, 1.54) is 13.0 Å². The van der Waals surface area contributed by atoms with Crippen LogP contribution >= 0.6 is 0 Å². The number of nitrogens with zero attached hydrogens (tertiary/aromatic N) is 1. The lowest BCUT2D eigenvalue weighted by Gasteiger charge is -2.35. The van der Waals surface area contributed by atoms with Crippen molar-refractivity contribution in [1.29, 1.82) is 0 Å². The Balaban J connectivity index is 2.39. The summed E-state index contributed by atoms with van der Waals surface area (Å²) in [5, 5.41) is 3.40. The second kappa shape index (κ2) is 5.10. The standard InChI is InChI=1S/C11H24N2O/c1-11(2)10(12-3)6-8-13(11)7-5-9-14-4/h10,12H,5-9H2,1-4H3. The van der Waals surface area contributed by atoms with Crippen LogP contribution in [-0.2, 0) is 4.74 Å². The lowest BCUT2D eigenvalue weighted by atomic mass is 9.96. The van der Waals surface area contributed by atoms with Gasteiger partial charge in [0.25, 0.3) is 0 Å². The van der Waals surface area contributed by atoms with Gasteiger partial charge in [0.05, 0.1) is 0 Å². The molecule has 14 heavy (non-hydrogen) atoms. The third-order valence-corrected chi connectivity index (χ3v) is 3.48. The third kappa shape index (κ3) is 2.47. The van der Waals surface area contributed by atoms with Gasteiger partial charge in [-0.1, -0.05) is 0 Å². The highest BCUT2D eigenvalue weighted by Gasteiger charge is 2.39. The molecule has 1 heterocycles. The fourth-order valence-electron chi connectivity index (χ4n) is 2.44. The van der Waals surface area contributed by atoms with Crippen LogP contribution in [0.5, 0.6) is 0 Å². The van der Waals surface area contributed by atoms with E-state index in [4.69, 9.17) is 4.74 Å². The molecule has 1 N–H and O–H groups in total. The molecule has 0 aromatic heterocycles. The van der Waals surface area contributed by atoms with Crippen molar-refractivity contribution in [3.63, 3.8) is 0 Å². The highest BCUT2D eigenvalue weighted by Crippen LogP contribution is 2.28. The van der Waals surface area contributed by atoms with Gasteiger partial charge in [0, 0.05) is 38.4 Å². The molecule has 0 spiro atoms. The maximum atomic E-state index is 5.08. The van der Waals surface area contributed by atoms with Gasteiger partial charge in [0.1, 0.15) is 0 Å². The summed E-state index contributed by atoms with van der Waals surface area (Å²) in [6.45, 7) is 7.89. The van der Waals surface area contributed by atoms with E-state index in [9.17, 15) is 0 Å². The van der Waals surface area contributed by atoms with Crippen LogP contribution in [0.25, 0.3) is 0 Å². The predicted molar refractivity (Wildman–Crippen MR) is 59.6 cm³/mol. The quantitative estimate of drug-likeness (QED) is 0.673. The molecular weight excluding hydrogens is 176 g/mol. The van der Waals surface area contributed by atoms with Crippen LogP contribution in [0.4, 0.5) is 0 Å². The van der Waals surface area contributed by atoms with Crippen LogP contribution in [0.3, 0.4) is 0 Å². The average molecular weight is 200 g/mol. The molecule has 0 radical (unpaired) electrons. The summed E-state index contributed by atoms with van der Waals surface area (Å²) in [5.41, 5.74) is 0.294. The van der Waals surface area contributed by atoms with Gasteiger partial charge in [0.2, 0.25) is 0 Å². The molecule has 1 saturated heterocycles. The molecule has 0 aromatic rings. The zero-order valence-electron chi connectivity index (χ0n) is 9.97. The minimum Gasteiger partial charge on any atom is -0.385 e. The van der Waals surface area contributed by atoms with Crippen molar-refractivity contribution in [3.8, 4) is 0 Å². The fraction of sp³-hybridized carbons (Fsp3) is 1.00. The molecule has 1 aliphatic heterocycles. The Labute approximate surface area is 87.8 Å². The third-order valence-electron chi connectivity index (χ3n) is 3.48. The minimum absolute atomic E-state index is 0.294. The maximum Gasteiger partial charge on any atom is 0.0474 e. The van der Waals surface area contributed by atoms with Gasteiger partial charge in [0.15, 0.2) is 0 Å². The Morgan fingerprint density at radius 1 is 1.50 bits per heavy atom. The normalized spacial score (nSPS) is 27.0. The number of hydrogen-bond donors (Lipinski definition) is 1. The summed E-state index contributed by atoms with van der Waals surface area (Å²) >= 11 is 0. The smallest absolute Gasteiger partial charge is 0.0474 e. The number of rotatable bonds is 5. The number of ether oxygens (including phenoxy) is 1.